The summed E-state index contributed by atoms with van der Waals surface area (Å²) in [6, 6.07) is 13.6. The number of hydrogen-bond acceptors (Lipinski definition) is 8. The number of aromatic nitrogens is 6. The van der Waals surface area contributed by atoms with E-state index in [4.69, 9.17) is 26.3 Å². The van der Waals surface area contributed by atoms with Crippen molar-refractivity contribution in [1.82, 2.24) is 29.7 Å². The largest absolute Gasteiger partial charge is 0.360 e. The van der Waals surface area contributed by atoms with Crippen molar-refractivity contribution in [3.63, 3.8) is 0 Å². The number of aryl methyl sites for hydroxylation is 3. The minimum absolute atomic E-state index is 0.0584. The Hall–Kier alpha value is -4.05. The van der Waals surface area contributed by atoms with E-state index < -0.39 is 11.7 Å². The van der Waals surface area contributed by atoms with Crippen LogP contribution in [0.1, 0.15) is 50.6 Å². The second-order valence-corrected chi connectivity index (χ2v) is 13.1. The molecule has 1 atom stereocenters. The highest BCUT2D eigenvalue weighted by atomic mass is 35.5. The number of ether oxygens (including phenoxy) is 1. The lowest BCUT2D eigenvalue weighted by Gasteiger charge is -2.29. The van der Waals surface area contributed by atoms with Gasteiger partial charge in [0.15, 0.2) is 11.6 Å². The van der Waals surface area contributed by atoms with E-state index in [1.54, 1.807) is 35.3 Å². The van der Waals surface area contributed by atoms with Crippen LogP contribution >= 0.6 is 22.9 Å². The van der Waals surface area contributed by atoms with Crippen molar-refractivity contribution in [3.8, 4) is 33.2 Å². The number of benzene rings is 2. The molecule has 0 spiro atoms. The lowest BCUT2D eigenvalue weighted by molar-refractivity contribution is -0.138. The maximum Gasteiger partial charge on any atom is 0.178 e. The minimum atomic E-state index is -0.740. The Balaban J connectivity index is 1.53. The van der Waals surface area contributed by atoms with E-state index in [1.165, 1.54) is 0 Å². The summed E-state index contributed by atoms with van der Waals surface area (Å²) < 4.78 is 9.11. The molecule has 0 unspecified atom stereocenters. The molecule has 0 saturated heterocycles. The van der Waals surface area contributed by atoms with Crippen molar-refractivity contribution >= 4 is 50.0 Å². The Morgan fingerprint density at radius 2 is 1.77 bits per heavy atom. The number of pyridine rings is 1. The van der Waals surface area contributed by atoms with Gasteiger partial charge in [0.05, 0.1) is 27.7 Å². The van der Waals surface area contributed by atoms with Gasteiger partial charge >= 0.3 is 0 Å². The number of nitrogens with zero attached hydrogens (tertiary/aromatic N) is 6. The van der Waals surface area contributed by atoms with E-state index in [0.29, 0.717) is 16.5 Å². The summed E-state index contributed by atoms with van der Waals surface area (Å²) in [5.41, 5.74) is 8.00. The quantitative estimate of drug-likeness (QED) is 0.188. The molecular formula is C33H31ClN6O2S. The number of carbonyl (C=O) groups excluding carboxylic acids is 1. The van der Waals surface area contributed by atoms with Crippen molar-refractivity contribution < 1.29 is 9.53 Å². The van der Waals surface area contributed by atoms with Crippen LogP contribution in [0.5, 0.6) is 0 Å². The maximum absolute atomic E-state index is 13.1. The van der Waals surface area contributed by atoms with Crippen molar-refractivity contribution in [1.29, 1.82) is 0 Å². The van der Waals surface area contributed by atoms with Crippen LogP contribution in [0.2, 0.25) is 5.02 Å². The van der Waals surface area contributed by atoms with Crippen LogP contribution in [-0.4, -0.2) is 41.1 Å². The zero-order chi connectivity index (χ0) is 30.6. The first-order chi connectivity index (χ1) is 20.4. The molecule has 43 heavy (non-hydrogen) atoms. The Kier molecular flexibility index (Phi) is 7.36. The topological polar surface area (TPSA) is 95.7 Å². The summed E-state index contributed by atoms with van der Waals surface area (Å²) in [5, 5.41) is 5.92. The third-order valence-corrected chi connectivity index (χ3v) is 8.55. The molecule has 0 bridgehead atoms. The second-order valence-electron chi connectivity index (χ2n) is 11.6. The first kappa shape index (κ1) is 29.0. The number of hydrogen-bond donors (Lipinski definition) is 0. The first-order valence-corrected chi connectivity index (χ1v) is 15.1. The SMILES string of the molecule is CC(=O)[C@@H](OC(C)(C)C)c1c(C)cc2nc(-c3ccnc(-c4ncc5c(n4)c(C)nn5C)c3)sc2c1-c1ccc(Cl)cc1. The molecule has 6 aromatic rings. The van der Waals surface area contributed by atoms with Crippen molar-refractivity contribution in [3.05, 3.63) is 76.7 Å². The van der Waals surface area contributed by atoms with Gasteiger partial charge in [-0.1, -0.05) is 23.7 Å². The van der Waals surface area contributed by atoms with E-state index in [1.807, 2.05) is 84.1 Å². The Morgan fingerprint density at radius 1 is 1.02 bits per heavy atom. The number of Topliss-reactive ketones (excluding diaryl/α,β-unsaturated/α-hetero) is 1. The van der Waals surface area contributed by atoms with Crippen molar-refractivity contribution in [2.75, 3.05) is 0 Å². The molecule has 218 valence electrons. The van der Waals surface area contributed by atoms with Gasteiger partial charge in [-0.15, -0.1) is 11.3 Å². The molecule has 4 heterocycles. The molecule has 0 aliphatic heterocycles. The number of ketones is 1. The average Bonchev–Trinajstić information content (AvgIpc) is 3.51. The van der Waals surface area contributed by atoms with Crippen LogP contribution in [0.4, 0.5) is 0 Å². The summed E-state index contributed by atoms with van der Waals surface area (Å²) in [7, 11) is 1.88. The predicted octanol–water partition coefficient (Wildman–Crippen LogP) is 8.08. The number of halogens is 1. The van der Waals surface area contributed by atoms with Crippen LogP contribution < -0.4 is 0 Å². The molecule has 0 fully saturated rings. The fourth-order valence-electron chi connectivity index (χ4n) is 5.29. The van der Waals surface area contributed by atoms with Gasteiger partial charge in [0.2, 0.25) is 0 Å². The lowest BCUT2D eigenvalue weighted by Crippen LogP contribution is -2.27. The molecule has 0 aliphatic carbocycles. The number of thiazole rings is 1. The summed E-state index contributed by atoms with van der Waals surface area (Å²) in [5.74, 6) is 0.465. The van der Waals surface area contributed by atoms with Gasteiger partial charge in [-0.3, -0.25) is 14.5 Å². The number of carbonyl (C=O) groups is 1. The molecule has 0 N–H and O–H groups in total. The number of fused-ring (bicyclic) bond motifs is 2. The Morgan fingerprint density at radius 3 is 2.47 bits per heavy atom. The highest BCUT2D eigenvalue weighted by Crippen LogP contribution is 2.44. The smallest absolute Gasteiger partial charge is 0.178 e. The van der Waals surface area contributed by atoms with Crippen LogP contribution in [0.15, 0.2) is 54.9 Å². The summed E-state index contributed by atoms with van der Waals surface area (Å²) in [6.07, 6.45) is 2.79. The molecule has 4 aromatic heterocycles. The third-order valence-electron chi connectivity index (χ3n) is 7.16. The fourth-order valence-corrected chi connectivity index (χ4v) is 6.54. The number of rotatable bonds is 6. The van der Waals surface area contributed by atoms with Gasteiger partial charge in [-0.05, 0) is 83.0 Å². The fraction of sp³-hybridized carbons (Fsp3) is 0.273. The summed E-state index contributed by atoms with van der Waals surface area (Å²) in [6.45, 7) is 11.4. The zero-order valence-corrected chi connectivity index (χ0v) is 26.6. The van der Waals surface area contributed by atoms with E-state index >= 15 is 0 Å². The van der Waals surface area contributed by atoms with Gasteiger partial charge in [-0.25, -0.2) is 15.0 Å². The first-order valence-electron chi connectivity index (χ1n) is 13.9. The van der Waals surface area contributed by atoms with Gasteiger partial charge in [0.25, 0.3) is 0 Å². The maximum atomic E-state index is 13.1. The van der Waals surface area contributed by atoms with Gasteiger partial charge in [0.1, 0.15) is 27.8 Å². The normalized spacial score (nSPS) is 12.7. The molecule has 0 saturated carbocycles. The van der Waals surface area contributed by atoms with Gasteiger partial charge < -0.3 is 4.74 Å². The molecule has 0 aliphatic rings. The minimum Gasteiger partial charge on any atom is -0.360 e. The van der Waals surface area contributed by atoms with E-state index in [0.717, 1.165) is 59.8 Å². The molecule has 10 heteroatoms. The van der Waals surface area contributed by atoms with Crippen molar-refractivity contribution in [2.24, 2.45) is 7.05 Å². The molecule has 8 nitrogen and oxygen atoms in total. The van der Waals surface area contributed by atoms with E-state index in [9.17, 15) is 4.79 Å². The highest BCUT2D eigenvalue weighted by molar-refractivity contribution is 7.22. The van der Waals surface area contributed by atoms with Crippen LogP contribution in [-0.2, 0) is 16.6 Å². The standard InChI is InChI=1S/C33H31ClN6O2S/c1-17-14-23-30(27(20-8-10-22(34)11-9-20)26(17)29(19(3)41)42-33(4,5)6)43-32(37-23)21-12-13-35-24(15-21)31-36-16-25-28(38-31)18(2)39-40(25)7/h8-16,29H,1-7H3/t29-/m1/s1. The van der Waals surface area contributed by atoms with Crippen LogP contribution in [0.3, 0.4) is 0 Å². The van der Waals surface area contributed by atoms with Crippen molar-refractivity contribution in [2.45, 2.75) is 53.2 Å². The molecule has 6 rings (SSSR count). The monoisotopic (exact) mass is 610 g/mol. The summed E-state index contributed by atoms with van der Waals surface area (Å²) in [4.78, 5) is 32.0. The highest BCUT2D eigenvalue weighted by Gasteiger charge is 2.30. The molecule has 0 radical (unpaired) electrons. The molecule has 0 amide bonds. The lowest BCUT2D eigenvalue weighted by atomic mass is 9.90. The van der Waals surface area contributed by atoms with Crippen LogP contribution in [0.25, 0.3) is 54.5 Å². The van der Waals surface area contributed by atoms with E-state index in [-0.39, 0.29) is 5.78 Å². The average molecular weight is 611 g/mol. The Labute approximate surface area is 258 Å². The van der Waals surface area contributed by atoms with Gasteiger partial charge in [0, 0.05) is 35.0 Å². The van der Waals surface area contributed by atoms with E-state index in [2.05, 4.69) is 15.1 Å². The zero-order valence-electron chi connectivity index (χ0n) is 25.1. The second kappa shape index (κ2) is 10.9. The Bertz CT molecular complexity index is 2020. The predicted molar refractivity (Wildman–Crippen MR) is 172 cm³/mol. The van der Waals surface area contributed by atoms with Crippen LogP contribution in [0, 0.1) is 13.8 Å². The van der Waals surface area contributed by atoms with Gasteiger partial charge in [-0.2, -0.15) is 5.10 Å². The molecule has 2 aromatic carbocycles. The molecular weight excluding hydrogens is 580 g/mol. The third kappa shape index (κ3) is 5.56. The summed E-state index contributed by atoms with van der Waals surface area (Å²) >= 11 is 7.84.